The summed E-state index contributed by atoms with van der Waals surface area (Å²) in [7, 11) is 0. The number of nitrogens with two attached hydrogens (primary N) is 1. The third-order valence-electron chi connectivity index (χ3n) is 2.25. The second-order valence-corrected chi connectivity index (χ2v) is 3.47. The first-order chi connectivity index (χ1) is 6.84. The van der Waals surface area contributed by atoms with E-state index < -0.39 is 0 Å². The molecule has 0 bridgehead atoms. The number of hydrogen-bond donors (Lipinski definition) is 1. The highest BCUT2D eigenvalue weighted by atomic mass is 16.5. The first-order valence-corrected chi connectivity index (χ1v) is 4.76. The van der Waals surface area contributed by atoms with Gasteiger partial charge < -0.3 is 15.2 Å². The third-order valence-corrected chi connectivity index (χ3v) is 2.25. The number of anilines is 1. The molecular formula is C10H14N2O2. The third kappa shape index (κ3) is 2.35. The molecule has 0 saturated carbocycles. The molecule has 4 nitrogen and oxygen atoms in total. The van der Waals surface area contributed by atoms with E-state index in [2.05, 4.69) is 4.98 Å². The van der Waals surface area contributed by atoms with E-state index in [-0.39, 0.29) is 0 Å². The predicted molar refractivity (Wildman–Crippen MR) is 53.1 cm³/mol. The van der Waals surface area contributed by atoms with Crippen LogP contribution in [0.5, 0.6) is 5.88 Å². The average Bonchev–Trinajstić information content (AvgIpc) is 2.70. The van der Waals surface area contributed by atoms with Gasteiger partial charge in [-0.15, -0.1) is 0 Å². The zero-order valence-corrected chi connectivity index (χ0v) is 7.98. The number of hydrogen-bond acceptors (Lipinski definition) is 4. The molecule has 1 aliphatic rings. The van der Waals surface area contributed by atoms with Crippen LogP contribution in [-0.2, 0) is 4.74 Å². The Morgan fingerprint density at radius 1 is 1.57 bits per heavy atom. The van der Waals surface area contributed by atoms with Crippen LogP contribution < -0.4 is 10.5 Å². The molecule has 1 aromatic heterocycles. The molecule has 0 spiro atoms. The topological polar surface area (TPSA) is 57.4 Å². The fourth-order valence-corrected chi connectivity index (χ4v) is 1.40. The van der Waals surface area contributed by atoms with Gasteiger partial charge >= 0.3 is 0 Å². The van der Waals surface area contributed by atoms with Crippen molar-refractivity contribution in [3.8, 4) is 5.88 Å². The molecule has 0 aromatic carbocycles. The first kappa shape index (κ1) is 9.27. The smallest absolute Gasteiger partial charge is 0.213 e. The van der Waals surface area contributed by atoms with E-state index in [0.29, 0.717) is 24.1 Å². The molecule has 76 valence electrons. The van der Waals surface area contributed by atoms with Gasteiger partial charge in [0.15, 0.2) is 0 Å². The summed E-state index contributed by atoms with van der Waals surface area (Å²) < 4.78 is 10.7. The fraction of sp³-hybridized carbons (Fsp3) is 0.500. The predicted octanol–water partition coefficient (Wildman–Crippen LogP) is 1.08. The summed E-state index contributed by atoms with van der Waals surface area (Å²) in [6.07, 6.45) is 2.68. The molecule has 2 N–H and O–H groups in total. The molecule has 1 unspecified atom stereocenters. The number of rotatable bonds is 3. The van der Waals surface area contributed by atoms with Gasteiger partial charge in [0.25, 0.3) is 0 Å². The molecule has 1 saturated heterocycles. The summed E-state index contributed by atoms with van der Waals surface area (Å²) in [5, 5.41) is 0. The van der Waals surface area contributed by atoms with Gasteiger partial charge in [0.2, 0.25) is 5.88 Å². The Hall–Kier alpha value is -1.29. The molecule has 1 atom stereocenters. The zero-order valence-electron chi connectivity index (χ0n) is 7.98. The van der Waals surface area contributed by atoms with Gasteiger partial charge in [-0.1, -0.05) is 0 Å². The molecule has 0 radical (unpaired) electrons. The van der Waals surface area contributed by atoms with Gasteiger partial charge in [0.05, 0.1) is 25.1 Å². The summed E-state index contributed by atoms with van der Waals surface area (Å²) in [6, 6.07) is 3.57. The van der Waals surface area contributed by atoms with Crippen LogP contribution >= 0.6 is 0 Å². The molecule has 0 amide bonds. The summed E-state index contributed by atoms with van der Waals surface area (Å²) >= 11 is 0. The van der Waals surface area contributed by atoms with E-state index in [4.69, 9.17) is 15.2 Å². The molecule has 2 heterocycles. The van der Waals surface area contributed by atoms with Crippen molar-refractivity contribution in [2.45, 2.75) is 6.42 Å². The highest BCUT2D eigenvalue weighted by Crippen LogP contribution is 2.15. The van der Waals surface area contributed by atoms with Crippen molar-refractivity contribution in [1.82, 2.24) is 4.98 Å². The fourth-order valence-electron chi connectivity index (χ4n) is 1.40. The van der Waals surface area contributed by atoms with Crippen LogP contribution in [0.1, 0.15) is 6.42 Å². The van der Waals surface area contributed by atoms with Crippen LogP contribution in [0.4, 0.5) is 5.69 Å². The Balaban J connectivity index is 1.82. The van der Waals surface area contributed by atoms with E-state index >= 15 is 0 Å². The van der Waals surface area contributed by atoms with Gasteiger partial charge in [0, 0.05) is 18.6 Å². The van der Waals surface area contributed by atoms with Crippen LogP contribution in [0.15, 0.2) is 18.3 Å². The second-order valence-electron chi connectivity index (χ2n) is 3.47. The number of nitrogen functional groups attached to an aromatic ring is 1. The maximum atomic E-state index is 5.51. The van der Waals surface area contributed by atoms with Crippen molar-refractivity contribution in [3.05, 3.63) is 18.3 Å². The quantitative estimate of drug-likeness (QED) is 0.782. The van der Waals surface area contributed by atoms with Gasteiger partial charge in [-0.2, -0.15) is 0 Å². The Bertz CT molecular complexity index is 281. The molecule has 4 heteroatoms. The van der Waals surface area contributed by atoms with Crippen LogP contribution in [0, 0.1) is 5.92 Å². The number of nitrogens with zero attached hydrogens (tertiary/aromatic N) is 1. The highest BCUT2D eigenvalue weighted by Gasteiger charge is 2.16. The molecule has 2 rings (SSSR count). The van der Waals surface area contributed by atoms with E-state index in [1.165, 1.54) is 0 Å². The molecule has 0 aliphatic carbocycles. The molecule has 1 aliphatic heterocycles. The van der Waals surface area contributed by atoms with Crippen molar-refractivity contribution in [1.29, 1.82) is 0 Å². The number of ether oxygens (including phenoxy) is 2. The van der Waals surface area contributed by atoms with E-state index in [1.54, 1.807) is 18.3 Å². The van der Waals surface area contributed by atoms with Crippen molar-refractivity contribution in [2.75, 3.05) is 25.6 Å². The second kappa shape index (κ2) is 4.28. The Morgan fingerprint density at radius 2 is 2.50 bits per heavy atom. The molecular weight excluding hydrogens is 180 g/mol. The lowest BCUT2D eigenvalue weighted by atomic mass is 10.1. The molecule has 1 fully saturated rings. The summed E-state index contributed by atoms with van der Waals surface area (Å²) in [5.41, 5.74) is 6.16. The lowest BCUT2D eigenvalue weighted by Gasteiger charge is -2.08. The summed E-state index contributed by atoms with van der Waals surface area (Å²) in [6.45, 7) is 2.33. The van der Waals surface area contributed by atoms with Crippen molar-refractivity contribution in [2.24, 2.45) is 5.92 Å². The maximum Gasteiger partial charge on any atom is 0.213 e. The minimum atomic E-state index is 0.509. The van der Waals surface area contributed by atoms with E-state index in [1.807, 2.05) is 0 Å². The minimum absolute atomic E-state index is 0.509. The van der Waals surface area contributed by atoms with Crippen LogP contribution in [-0.4, -0.2) is 24.8 Å². The Kier molecular flexibility index (Phi) is 2.84. The van der Waals surface area contributed by atoms with Crippen LogP contribution in [0.3, 0.4) is 0 Å². The highest BCUT2D eigenvalue weighted by molar-refractivity contribution is 5.35. The lowest BCUT2D eigenvalue weighted by molar-refractivity contribution is 0.165. The number of pyridine rings is 1. The minimum Gasteiger partial charge on any atom is -0.477 e. The summed E-state index contributed by atoms with van der Waals surface area (Å²) in [5.74, 6) is 1.14. The Labute approximate surface area is 83.0 Å². The van der Waals surface area contributed by atoms with Gasteiger partial charge in [-0.25, -0.2) is 4.98 Å². The van der Waals surface area contributed by atoms with Gasteiger partial charge in [0.1, 0.15) is 0 Å². The van der Waals surface area contributed by atoms with E-state index in [0.717, 1.165) is 19.6 Å². The van der Waals surface area contributed by atoms with Crippen LogP contribution in [0.2, 0.25) is 0 Å². The van der Waals surface area contributed by atoms with Crippen molar-refractivity contribution in [3.63, 3.8) is 0 Å². The molecule has 14 heavy (non-hydrogen) atoms. The van der Waals surface area contributed by atoms with Crippen molar-refractivity contribution >= 4 is 5.69 Å². The van der Waals surface area contributed by atoms with Gasteiger partial charge in [-0.05, 0) is 12.5 Å². The number of aromatic nitrogens is 1. The van der Waals surface area contributed by atoms with Crippen molar-refractivity contribution < 1.29 is 9.47 Å². The van der Waals surface area contributed by atoms with Gasteiger partial charge in [-0.3, -0.25) is 0 Å². The maximum absolute atomic E-state index is 5.51. The normalized spacial score (nSPS) is 21.0. The SMILES string of the molecule is Nc1ccc(OCC2CCOC2)nc1. The standard InChI is InChI=1S/C10H14N2O2/c11-9-1-2-10(12-5-9)14-7-8-3-4-13-6-8/h1-2,5,8H,3-4,6-7,11H2. The van der Waals surface area contributed by atoms with Crippen LogP contribution in [0.25, 0.3) is 0 Å². The first-order valence-electron chi connectivity index (χ1n) is 4.76. The summed E-state index contributed by atoms with van der Waals surface area (Å²) in [4.78, 5) is 4.05. The molecule has 1 aromatic rings. The van der Waals surface area contributed by atoms with E-state index in [9.17, 15) is 0 Å². The average molecular weight is 194 g/mol. The Morgan fingerprint density at radius 3 is 3.14 bits per heavy atom. The lowest BCUT2D eigenvalue weighted by Crippen LogP contribution is -2.12. The zero-order chi connectivity index (χ0) is 9.80. The monoisotopic (exact) mass is 194 g/mol. The largest absolute Gasteiger partial charge is 0.477 e.